The molecule has 0 aromatic carbocycles. The lowest BCUT2D eigenvalue weighted by Crippen LogP contribution is -2.42. The van der Waals surface area contributed by atoms with Gasteiger partial charge in [-0.2, -0.15) is 11.8 Å². The van der Waals surface area contributed by atoms with Crippen molar-refractivity contribution in [1.29, 1.82) is 0 Å². The van der Waals surface area contributed by atoms with E-state index >= 15 is 0 Å². The van der Waals surface area contributed by atoms with Crippen LogP contribution in [0.25, 0.3) is 0 Å². The normalized spacial score (nSPS) is 47.0. The summed E-state index contributed by atoms with van der Waals surface area (Å²) in [5, 5.41) is 4.76. The molecule has 1 aliphatic heterocycles. The van der Waals surface area contributed by atoms with Gasteiger partial charge < -0.3 is 5.32 Å². The molecule has 0 radical (unpaired) electrons. The van der Waals surface area contributed by atoms with Crippen LogP contribution in [-0.2, 0) is 0 Å². The first-order valence-electron chi connectivity index (χ1n) is 6.51. The zero-order valence-electron chi connectivity index (χ0n) is 10.3. The van der Waals surface area contributed by atoms with E-state index in [1.54, 1.807) is 0 Å². The predicted molar refractivity (Wildman–Crippen MR) is 69.4 cm³/mol. The highest BCUT2D eigenvalue weighted by molar-refractivity contribution is 8.00. The Morgan fingerprint density at radius 1 is 0.867 bits per heavy atom. The fraction of sp³-hybridized carbons (Fsp3) is 1.00. The first-order chi connectivity index (χ1) is 7.13. The first-order valence-corrected chi connectivity index (χ1v) is 7.56. The molecule has 1 saturated heterocycles. The highest BCUT2D eigenvalue weighted by Crippen LogP contribution is 2.31. The van der Waals surface area contributed by atoms with Crippen molar-refractivity contribution in [2.75, 3.05) is 5.75 Å². The average molecular weight is 227 g/mol. The summed E-state index contributed by atoms with van der Waals surface area (Å²) in [4.78, 5) is 0. The minimum atomic E-state index is 0.799. The van der Waals surface area contributed by atoms with E-state index in [1.807, 2.05) is 0 Å². The maximum absolute atomic E-state index is 3.89. The zero-order valence-corrected chi connectivity index (χ0v) is 11.1. The molecule has 4 atom stereocenters. The third kappa shape index (κ3) is 3.39. The Bertz CT molecular complexity index is 197. The van der Waals surface area contributed by atoms with Crippen molar-refractivity contribution in [3.63, 3.8) is 0 Å². The summed E-state index contributed by atoms with van der Waals surface area (Å²) in [5.41, 5.74) is 0. The fourth-order valence-electron chi connectivity index (χ4n) is 3.35. The Morgan fingerprint density at radius 2 is 1.53 bits per heavy atom. The lowest BCUT2D eigenvalue weighted by Gasteiger charge is -2.33. The van der Waals surface area contributed by atoms with Crippen LogP contribution in [0.2, 0.25) is 0 Å². The molecule has 0 amide bonds. The molecule has 15 heavy (non-hydrogen) atoms. The van der Waals surface area contributed by atoms with Gasteiger partial charge in [0, 0.05) is 23.1 Å². The van der Waals surface area contributed by atoms with Crippen LogP contribution in [0.15, 0.2) is 0 Å². The van der Waals surface area contributed by atoms with E-state index in [2.05, 4.69) is 37.8 Å². The van der Waals surface area contributed by atoms with Crippen LogP contribution < -0.4 is 5.32 Å². The molecule has 1 nitrogen and oxygen atoms in total. The molecular weight excluding hydrogens is 202 g/mol. The lowest BCUT2D eigenvalue weighted by atomic mass is 9.80. The van der Waals surface area contributed by atoms with Crippen LogP contribution in [0, 0.1) is 11.8 Å². The zero-order chi connectivity index (χ0) is 10.8. The maximum atomic E-state index is 3.89. The molecule has 0 aromatic heterocycles. The van der Waals surface area contributed by atoms with E-state index in [-0.39, 0.29) is 0 Å². The molecule has 1 saturated carbocycles. The Kier molecular flexibility index (Phi) is 4.00. The number of hydrogen-bond donors (Lipinski definition) is 1. The van der Waals surface area contributed by atoms with Crippen molar-refractivity contribution in [2.45, 2.75) is 63.8 Å². The molecule has 2 aliphatic rings. The van der Waals surface area contributed by atoms with Crippen LogP contribution in [-0.4, -0.2) is 23.1 Å². The van der Waals surface area contributed by atoms with Crippen LogP contribution in [0.3, 0.4) is 0 Å². The highest BCUT2D eigenvalue weighted by atomic mass is 32.2. The van der Waals surface area contributed by atoms with E-state index < -0.39 is 0 Å². The van der Waals surface area contributed by atoms with Gasteiger partial charge in [-0.15, -0.1) is 0 Å². The molecule has 0 bridgehead atoms. The third-order valence-electron chi connectivity index (χ3n) is 3.85. The van der Waals surface area contributed by atoms with Gasteiger partial charge in [-0.25, -0.2) is 0 Å². The Hall–Kier alpha value is 0.310. The largest absolute Gasteiger partial charge is 0.310 e. The lowest BCUT2D eigenvalue weighted by molar-refractivity contribution is 0.228. The fourth-order valence-corrected chi connectivity index (χ4v) is 4.51. The second-order valence-electron chi connectivity index (χ2n) is 5.86. The van der Waals surface area contributed by atoms with Crippen LogP contribution in [0.4, 0.5) is 0 Å². The quantitative estimate of drug-likeness (QED) is 0.777. The molecule has 2 fully saturated rings. The van der Waals surface area contributed by atoms with Gasteiger partial charge in [0.1, 0.15) is 0 Å². The summed E-state index contributed by atoms with van der Waals surface area (Å²) in [6.45, 7) is 7.19. The third-order valence-corrected chi connectivity index (χ3v) is 5.20. The van der Waals surface area contributed by atoms with E-state index in [1.165, 1.54) is 31.4 Å². The molecule has 0 spiro atoms. The summed E-state index contributed by atoms with van der Waals surface area (Å²) in [5.74, 6) is 3.19. The minimum Gasteiger partial charge on any atom is -0.310 e. The molecule has 1 heterocycles. The molecule has 2 rings (SSSR count). The van der Waals surface area contributed by atoms with Gasteiger partial charge in [0.05, 0.1) is 0 Å². The predicted octanol–water partition coefficient (Wildman–Crippen LogP) is 3.29. The highest BCUT2D eigenvalue weighted by Gasteiger charge is 2.28. The number of hydrogen-bond acceptors (Lipinski definition) is 2. The van der Waals surface area contributed by atoms with Gasteiger partial charge >= 0.3 is 0 Å². The smallest absolute Gasteiger partial charge is 0.0171 e. The average Bonchev–Trinajstić information content (AvgIpc) is 2.49. The van der Waals surface area contributed by atoms with Crippen LogP contribution in [0.5, 0.6) is 0 Å². The molecule has 88 valence electrons. The van der Waals surface area contributed by atoms with Crippen LogP contribution in [0.1, 0.15) is 46.5 Å². The second kappa shape index (κ2) is 5.09. The standard InChI is InChI=1S/C13H25NS/c1-9-4-10(2)6-12(5-9)14-13-7-11(3)15-8-13/h9-14H,4-8H2,1-3H3. The Labute approximate surface area is 98.8 Å². The van der Waals surface area contributed by atoms with Crippen molar-refractivity contribution in [2.24, 2.45) is 11.8 Å². The first kappa shape index (κ1) is 11.8. The van der Waals surface area contributed by atoms with Crippen molar-refractivity contribution in [1.82, 2.24) is 5.32 Å². The molecule has 4 unspecified atom stereocenters. The van der Waals surface area contributed by atoms with Gasteiger partial charge in [-0.3, -0.25) is 0 Å². The summed E-state index contributed by atoms with van der Waals surface area (Å²) in [6.07, 6.45) is 5.62. The van der Waals surface area contributed by atoms with Crippen LogP contribution >= 0.6 is 11.8 Å². The number of nitrogens with one attached hydrogen (secondary N) is 1. The van der Waals surface area contributed by atoms with Gasteiger partial charge in [-0.1, -0.05) is 20.8 Å². The Morgan fingerprint density at radius 3 is 2.07 bits per heavy atom. The Balaban J connectivity index is 1.78. The van der Waals surface area contributed by atoms with Gasteiger partial charge in [0.15, 0.2) is 0 Å². The van der Waals surface area contributed by atoms with Gasteiger partial charge in [0.25, 0.3) is 0 Å². The SMILES string of the molecule is CC1CC(C)CC(NC2CSC(C)C2)C1. The van der Waals surface area contributed by atoms with Crippen molar-refractivity contribution in [3.8, 4) is 0 Å². The van der Waals surface area contributed by atoms with E-state index in [9.17, 15) is 0 Å². The maximum Gasteiger partial charge on any atom is 0.0171 e. The molecule has 1 aliphatic carbocycles. The van der Waals surface area contributed by atoms with E-state index in [0.717, 1.165) is 29.2 Å². The molecule has 2 heteroatoms. The minimum absolute atomic E-state index is 0.799. The summed E-state index contributed by atoms with van der Waals surface area (Å²) < 4.78 is 0. The van der Waals surface area contributed by atoms with E-state index in [0.29, 0.717) is 0 Å². The van der Waals surface area contributed by atoms with Crippen molar-refractivity contribution >= 4 is 11.8 Å². The van der Waals surface area contributed by atoms with Gasteiger partial charge in [0.2, 0.25) is 0 Å². The molecular formula is C13H25NS. The topological polar surface area (TPSA) is 12.0 Å². The number of thioether (sulfide) groups is 1. The second-order valence-corrected chi connectivity index (χ2v) is 7.33. The van der Waals surface area contributed by atoms with Crippen molar-refractivity contribution < 1.29 is 0 Å². The summed E-state index contributed by atoms with van der Waals surface area (Å²) in [6, 6.07) is 1.60. The monoisotopic (exact) mass is 227 g/mol. The summed E-state index contributed by atoms with van der Waals surface area (Å²) in [7, 11) is 0. The molecule has 1 N–H and O–H groups in total. The number of rotatable bonds is 2. The van der Waals surface area contributed by atoms with Gasteiger partial charge in [-0.05, 0) is 37.5 Å². The van der Waals surface area contributed by atoms with Crippen molar-refractivity contribution in [3.05, 3.63) is 0 Å². The van der Waals surface area contributed by atoms with E-state index in [4.69, 9.17) is 0 Å². The summed E-state index contributed by atoms with van der Waals surface area (Å²) >= 11 is 2.13. The molecule has 0 aromatic rings.